The van der Waals surface area contributed by atoms with Crippen molar-refractivity contribution in [2.75, 3.05) is 19.6 Å². The van der Waals surface area contributed by atoms with Gasteiger partial charge in [0.2, 0.25) is 0 Å². The Labute approximate surface area is 110 Å². The van der Waals surface area contributed by atoms with Gasteiger partial charge in [0.1, 0.15) is 0 Å². The Hall–Kier alpha value is 0.220. The minimum atomic E-state index is -5.32. The van der Waals surface area contributed by atoms with E-state index >= 15 is 0 Å². The molecule has 3 fully saturated rings. The van der Waals surface area contributed by atoms with Gasteiger partial charge in [0.25, 0.3) is 5.08 Å². The zero-order valence-corrected chi connectivity index (χ0v) is 12.1. The highest BCUT2D eigenvalue weighted by molar-refractivity contribution is 7.72. The van der Waals surface area contributed by atoms with Crippen molar-refractivity contribution in [1.82, 2.24) is 4.90 Å². The molecule has 1 aliphatic carbocycles. The number of aliphatic hydroxyl groups is 1. The third-order valence-corrected chi connectivity index (χ3v) is 7.94. The van der Waals surface area contributed by atoms with Gasteiger partial charge in [-0.05, 0) is 24.7 Å². The topological polar surface area (TPSA) is 139 Å². The minimum absolute atomic E-state index is 0.0692. The maximum atomic E-state index is 11.2. The molecular weight excluding hydrogens is 296 g/mol. The number of hydrogen-bond acceptors (Lipinski definition) is 4. The second kappa shape index (κ2) is 4.90. The minimum Gasteiger partial charge on any atom is -0.367 e. The molecule has 2 heterocycles. The van der Waals surface area contributed by atoms with Crippen molar-refractivity contribution in [2.45, 2.75) is 24.3 Å². The molecule has 0 spiro atoms. The molecule has 0 aromatic heterocycles. The summed E-state index contributed by atoms with van der Waals surface area (Å²) in [6.07, 6.45) is 1.66. The van der Waals surface area contributed by atoms with Crippen molar-refractivity contribution in [3.05, 3.63) is 0 Å². The quantitative estimate of drug-likeness (QED) is 0.437. The van der Waals surface area contributed by atoms with Crippen molar-refractivity contribution in [1.29, 1.82) is 0 Å². The first kappa shape index (κ1) is 15.6. The standard InChI is InChI=1S/C9H19NO7P2/c11-9(18(12,13)14,19(15,16)17)1-2-10-5-7-3-8(4-7)6-10/h7-8,11H,1-6H2,(H2,12,13,14)(H2,15,16,17). The van der Waals surface area contributed by atoms with Gasteiger partial charge in [0, 0.05) is 26.1 Å². The third-order valence-electron chi connectivity index (χ3n) is 4.06. The number of piperidine rings is 2. The van der Waals surface area contributed by atoms with Crippen molar-refractivity contribution >= 4 is 15.2 Å². The molecule has 19 heavy (non-hydrogen) atoms. The van der Waals surface area contributed by atoms with Gasteiger partial charge in [-0.2, -0.15) is 0 Å². The Bertz CT molecular complexity index is 406. The lowest BCUT2D eigenvalue weighted by Crippen LogP contribution is -2.49. The van der Waals surface area contributed by atoms with Crippen LogP contribution in [0.3, 0.4) is 0 Å². The molecule has 0 amide bonds. The molecule has 1 saturated carbocycles. The van der Waals surface area contributed by atoms with Crippen LogP contribution in [0.25, 0.3) is 0 Å². The van der Waals surface area contributed by atoms with Crippen molar-refractivity contribution in [2.24, 2.45) is 11.8 Å². The summed E-state index contributed by atoms with van der Waals surface area (Å²) < 4.78 is 22.4. The van der Waals surface area contributed by atoms with Gasteiger partial charge in [0.15, 0.2) is 0 Å². The van der Waals surface area contributed by atoms with Crippen molar-refractivity contribution in [3.8, 4) is 0 Å². The van der Waals surface area contributed by atoms with E-state index in [2.05, 4.69) is 0 Å². The fourth-order valence-electron chi connectivity index (χ4n) is 2.93. The van der Waals surface area contributed by atoms with Crippen LogP contribution >= 0.6 is 15.2 Å². The highest BCUT2D eigenvalue weighted by Gasteiger charge is 2.59. The van der Waals surface area contributed by atoms with Crippen LogP contribution in [-0.2, 0) is 9.13 Å². The summed E-state index contributed by atoms with van der Waals surface area (Å²) in [5.41, 5.74) is 0. The van der Waals surface area contributed by atoms with E-state index in [1.54, 1.807) is 0 Å². The first-order chi connectivity index (χ1) is 8.53. The Balaban J connectivity index is 2.02. The summed E-state index contributed by atoms with van der Waals surface area (Å²) >= 11 is 0. The van der Waals surface area contributed by atoms with Gasteiger partial charge in [-0.25, -0.2) is 0 Å². The first-order valence-corrected chi connectivity index (χ1v) is 9.31. The maximum Gasteiger partial charge on any atom is 0.369 e. The third kappa shape index (κ3) is 2.96. The van der Waals surface area contributed by atoms with E-state index in [0.29, 0.717) is 11.8 Å². The Morgan fingerprint density at radius 2 is 1.42 bits per heavy atom. The zero-order valence-electron chi connectivity index (χ0n) is 10.3. The molecule has 0 aromatic carbocycles. The summed E-state index contributed by atoms with van der Waals surface area (Å²) in [5.74, 6) is 1.13. The van der Waals surface area contributed by atoms with E-state index in [1.165, 1.54) is 0 Å². The summed E-state index contributed by atoms with van der Waals surface area (Å²) in [4.78, 5) is 38.0. The van der Waals surface area contributed by atoms with Gasteiger partial charge in [-0.3, -0.25) is 9.13 Å². The van der Waals surface area contributed by atoms with Crippen LogP contribution < -0.4 is 0 Å². The Morgan fingerprint density at radius 1 is 1.00 bits per heavy atom. The zero-order chi connectivity index (χ0) is 14.5. The van der Waals surface area contributed by atoms with Gasteiger partial charge < -0.3 is 29.6 Å². The predicted octanol–water partition coefficient (Wildman–Crippen LogP) is -0.280. The number of rotatable bonds is 5. The molecular formula is C9H19NO7P2. The van der Waals surface area contributed by atoms with Gasteiger partial charge >= 0.3 is 15.2 Å². The maximum absolute atomic E-state index is 11.2. The average Bonchev–Trinajstić information content (AvgIpc) is 2.22. The van der Waals surface area contributed by atoms with E-state index in [1.807, 2.05) is 4.90 Å². The van der Waals surface area contributed by atoms with Gasteiger partial charge in [-0.15, -0.1) is 0 Å². The molecule has 3 rings (SSSR count). The lowest BCUT2D eigenvalue weighted by Gasteiger charge is -2.47. The number of nitrogens with zero attached hydrogens (tertiary/aromatic N) is 1. The summed E-state index contributed by atoms with van der Waals surface area (Å²) in [5, 5.41) is 6.46. The van der Waals surface area contributed by atoms with Crippen molar-refractivity contribution < 1.29 is 33.8 Å². The molecule has 2 bridgehead atoms. The highest BCUT2D eigenvalue weighted by Crippen LogP contribution is 2.68. The smallest absolute Gasteiger partial charge is 0.367 e. The SMILES string of the molecule is O=P(O)(O)C(O)(CCN1CC2CC(C2)C1)P(=O)(O)O. The summed E-state index contributed by atoms with van der Waals surface area (Å²) in [7, 11) is -10.6. The number of hydrogen-bond donors (Lipinski definition) is 5. The fraction of sp³-hybridized carbons (Fsp3) is 1.00. The second-order valence-corrected chi connectivity index (χ2v) is 9.58. The highest BCUT2D eigenvalue weighted by atomic mass is 31.2. The normalized spacial score (nSPS) is 29.1. The monoisotopic (exact) mass is 315 g/mol. The fourth-order valence-corrected chi connectivity index (χ4v) is 5.07. The number of fused-ring (bicyclic) bond motifs is 2. The Kier molecular flexibility index (Phi) is 4.02. The van der Waals surface area contributed by atoms with E-state index in [-0.39, 0.29) is 6.54 Å². The van der Waals surface area contributed by atoms with Crippen LogP contribution in [0.2, 0.25) is 0 Å². The van der Waals surface area contributed by atoms with Crippen LogP contribution in [0.5, 0.6) is 0 Å². The first-order valence-electron chi connectivity index (χ1n) is 6.09. The molecule has 0 aromatic rings. The average molecular weight is 315 g/mol. The largest absolute Gasteiger partial charge is 0.369 e. The van der Waals surface area contributed by atoms with Crippen LogP contribution in [0.15, 0.2) is 0 Å². The molecule has 5 N–H and O–H groups in total. The lowest BCUT2D eigenvalue weighted by molar-refractivity contribution is 0.0169. The molecule has 0 atom stereocenters. The summed E-state index contributed by atoms with van der Waals surface area (Å²) in [6.45, 7) is 1.59. The lowest BCUT2D eigenvalue weighted by atomic mass is 9.71. The molecule has 2 aliphatic heterocycles. The van der Waals surface area contributed by atoms with Crippen LogP contribution in [0.4, 0.5) is 0 Å². The molecule has 0 radical (unpaired) electrons. The van der Waals surface area contributed by atoms with Gasteiger partial charge in [0.05, 0.1) is 0 Å². The van der Waals surface area contributed by atoms with E-state index < -0.39 is 26.7 Å². The predicted molar refractivity (Wildman–Crippen MR) is 66.3 cm³/mol. The molecule has 3 aliphatic rings. The van der Waals surface area contributed by atoms with Crippen molar-refractivity contribution in [3.63, 3.8) is 0 Å². The van der Waals surface area contributed by atoms with Gasteiger partial charge in [-0.1, -0.05) is 0 Å². The second-order valence-electron chi connectivity index (χ2n) is 5.58. The van der Waals surface area contributed by atoms with Crippen LogP contribution in [-0.4, -0.2) is 54.3 Å². The van der Waals surface area contributed by atoms with E-state index in [4.69, 9.17) is 19.6 Å². The molecule has 8 nitrogen and oxygen atoms in total. The van der Waals surface area contributed by atoms with Crippen LogP contribution in [0.1, 0.15) is 19.3 Å². The summed E-state index contributed by atoms with van der Waals surface area (Å²) in [6, 6.07) is 0. The molecule has 2 saturated heterocycles. The van der Waals surface area contributed by atoms with E-state index in [9.17, 15) is 14.2 Å². The molecule has 0 unspecified atom stereocenters. The van der Waals surface area contributed by atoms with E-state index in [0.717, 1.165) is 25.9 Å². The molecule has 10 heteroatoms. The van der Waals surface area contributed by atoms with Crippen LogP contribution in [0, 0.1) is 11.8 Å². The Morgan fingerprint density at radius 3 is 1.79 bits per heavy atom. The molecule has 112 valence electrons.